The van der Waals surface area contributed by atoms with Gasteiger partial charge in [0.1, 0.15) is 0 Å². The molecular formula is C21H26F3N3S. The van der Waals surface area contributed by atoms with Crippen LogP contribution >= 0.6 is 11.8 Å². The van der Waals surface area contributed by atoms with Gasteiger partial charge in [0.2, 0.25) is 0 Å². The minimum Gasteiger partial charge on any atom is -0.387 e. The second-order valence-electron chi connectivity index (χ2n) is 6.07. The molecule has 0 atom stereocenters. The molecule has 3 nitrogen and oxygen atoms in total. The van der Waals surface area contributed by atoms with E-state index in [0.717, 1.165) is 36.5 Å². The lowest BCUT2D eigenvalue weighted by molar-refractivity contribution is -0.137. The summed E-state index contributed by atoms with van der Waals surface area (Å²) < 4.78 is 38.3. The number of anilines is 2. The molecule has 152 valence electrons. The molecule has 0 radical (unpaired) electrons. The number of nitrogens with one attached hydrogen (secondary N) is 2. The SMILES string of the molecule is CCN(CC)c1ccc(/C(=C/SCNc2cccc(C(F)(F)F)c2)NC)cc1. The van der Waals surface area contributed by atoms with Crippen LogP contribution in [0.15, 0.2) is 53.9 Å². The van der Waals surface area contributed by atoms with E-state index in [4.69, 9.17) is 0 Å². The van der Waals surface area contributed by atoms with Crippen molar-refractivity contribution in [2.24, 2.45) is 0 Å². The molecule has 2 rings (SSSR count). The van der Waals surface area contributed by atoms with E-state index < -0.39 is 11.7 Å². The molecule has 2 aromatic rings. The van der Waals surface area contributed by atoms with E-state index in [9.17, 15) is 13.2 Å². The Bertz CT molecular complexity index is 769. The zero-order valence-corrected chi connectivity index (χ0v) is 17.1. The number of nitrogens with zero attached hydrogens (tertiary/aromatic N) is 1. The van der Waals surface area contributed by atoms with Crippen LogP contribution in [0.4, 0.5) is 24.5 Å². The summed E-state index contributed by atoms with van der Waals surface area (Å²) in [5.74, 6) is 0.462. The van der Waals surface area contributed by atoms with Crippen LogP contribution in [0.25, 0.3) is 5.70 Å². The van der Waals surface area contributed by atoms with Crippen molar-refractivity contribution in [1.82, 2.24) is 5.32 Å². The molecule has 2 N–H and O–H groups in total. The van der Waals surface area contributed by atoms with Crippen molar-refractivity contribution < 1.29 is 13.2 Å². The standard InChI is InChI=1S/C21H26F3N3S/c1-4-27(5-2)19-11-9-16(10-12-19)20(25-3)14-28-15-26-18-8-6-7-17(13-18)21(22,23)24/h6-14,25-26H,4-5,15H2,1-3H3/b20-14-. The molecule has 28 heavy (non-hydrogen) atoms. The summed E-state index contributed by atoms with van der Waals surface area (Å²) >= 11 is 1.48. The number of halogens is 3. The van der Waals surface area contributed by atoms with E-state index in [0.29, 0.717) is 11.6 Å². The third kappa shape index (κ3) is 6.12. The summed E-state index contributed by atoms with van der Waals surface area (Å²) in [4.78, 5) is 2.28. The van der Waals surface area contributed by atoms with Crippen molar-refractivity contribution in [3.05, 3.63) is 65.1 Å². The molecule has 0 aliphatic carbocycles. The van der Waals surface area contributed by atoms with Gasteiger partial charge in [-0.1, -0.05) is 18.2 Å². The Morgan fingerprint density at radius 2 is 1.75 bits per heavy atom. The number of hydrogen-bond donors (Lipinski definition) is 2. The fraction of sp³-hybridized carbons (Fsp3) is 0.333. The number of alkyl halides is 3. The number of rotatable bonds is 9. The molecule has 0 bridgehead atoms. The van der Waals surface area contributed by atoms with Crippen molar-refractivity contribution >= 4 is 28.8 Å². The van der Waals surface area contributed by atoms with Gasteiger partial charge in [0.15, 0.2) is 0 Å². The lowest BCUT2D eigenvalue weighted by atomic mass is 10.1. The van der Waals surface area contributed by atoms with Gasteiger partial charge in [-0.25, -0.2) is 0 Å². The molecule has 0 aromatic heterocycles. The van der Waals surface area contributed by atoms with Crippen LogP contribution in [-0.4, -0.2) is 26.0 Å². The highest BCUT2D eigenvalue weighted by Gasteiger charge is 2.30. The first kappa shape index (κ1) is 22.0. The number of hydrogen-bond acceptors (Lipinski definition) is 4. The van der Waals surface area contributed by atoms with Crippen LogP contribution in [0.5, 0.6) is 0 Å². The normalized spacial score (nSPS) is 12.0. The summed E-state index contributed by atoms with van der Waals surface area (Å²) in [5, 5.41) is 8.15. The van der Waals surface area contributed by atoms with Gasteiger partial charge in [-0.05, 0) is 55.2 Å². The van der Waals surface area contributed by atoms with Crippen LogP contribution in [0.1, 0.15) is 25.0 Å². The molecule has 0 aliphatic rings. The average molecular weight is 410 g/mol. The van der Waals surface area contributed by atoms with Gasteiger partial charge in [0, 0.05) is 37.2 Å². The molecule has 7 heteroatoms. The largest absolute Gasteiger partial charge is 0.416 e. The quantitative estimate of drug-likeness (QED) is 0.400. The smallest absolute Gasteiger partial charge is 0.387 e. The molecule has 0 saturated heterocycles. The second kappa shape index (κ2) is 10.3. The lowest BCUT2D eigenvalue weighted by Crippen LogP contribution is -2.21. The van der Waals surface area contributed by atoms with Gasteiger partial charge in [-0.3, -0.25) is 0 Å². The summed E-state index contributed by atoms with van der Waals surface area (Å²) in [6, 6.07) is 13.5. The molecule has 0 spiro atoms. The lowest BCUT2D eigenvalue weighted by Gasteiger charge is -2.21. The maximum Gasteiger partial charge on any atom is 0.416 e. The first-order valence-electron chi connectivity index (χ1n) is 9.15. The maximum absolute atomic E-state index is 12.8. The molecule has 0 fully saturated rings. The van der Waals surface area contributed by atoms with E-state index in [-0.39, 0.29) is 0 Å². The molecule has 2 aromatic carbocycles. The number of thioether (sulfide) groups is 1. The Morgan fingerprint density at radius 1 is 1.07 bits per heavy atom. The molecule has 0 amide bonds. The van der Waals surface area contributed by atoms with Crippen molar-refractivity contribution in [2.75, 3.05) is 36.2 Å². The van der Waals surface area contributed by atoms with Gasteiger partial charge in [-0.15, -0.1) is 11.8 Å². The third-order valence-electron chi connectivity index (χ3n) is 4.33. The fourth-order valence-corrected chi connectivity index (χ4v) is 3.52. The minimum absolute atomic E-state index is 0.449. The van der Waals surface area contributed by atoms with Crippen LogP contribution in [0.2, 0.25) is 0 Å². The van der Waals surface area contributed by atoms with Gasteiger partial charge < -0.3 is 15.5 Å². The van der Waals surface area contributed by atoms with Gasteiger partial charge in [0.25, 0.3) is 0 Å². The summed E-state index contributed by atoms with van der Waals surface area (Å²) in [6.45, 7) is 6.18. The first-order valence-corrected chi connectivity index (χ1v) is 10.2. The molecule has 0 aliphatic heterocycles. The predicted octanol–water partition coefficient (Wildman–Crippen LogP) is 5.87. The summed E-state index contributed by atoms with van der Waals surface area (Å²) in [6.07, 6.45) is -4.33. The molecule has 0 saturated carbocycles. The van der Waals surface area contributed by atoms with Crippen molar-refractivity contribution in [2.45, 2.75) is 20.0 Å². The maximum atomic E-state index is 12.8. The molecule has 0 heterocycles. The first-order chi connectivity index (χ1) is 13.4. The molecule has 0 unspecified atom stereocenters. The van der Waals surface area contributed by atoms with Crippen LogP contribution in [0, 0.1) is 0 Å². The van der Waals surface area contributed by atoms with Crippen LogP contribution < -0.4 is 15.5 Å². The second-order valence-corrected chi connectivity index (χ2v) is 6.92. The zero-order chi connectivity index (χ0) is 20.6. The highest BCUT2D eigenvalue weighted by molar-refractivity contribution is 8.02. The summed E-state index contributed by atoms with van der Waals surface area (Å²) in [5.41, 5.74) is 3.00. The Balaban J connectivity index is 1.97. The van der Waals surface area contributed by atoms with E-state index >= 15 is 0 Å². The van der Waals surface area contributed by atoms with E-state index in [1.54, 1.807) is 6.07 Å². The van der Waals surface area contributed by atoms with Crippen molar-refractivity contribution in [1.29, 1.82) is 0 Å². The number of benzene rings is 2. The van der Waals surface area contributed by atoms with Gasteiger partial charge in [0.05, 0.1) is 11.4 Å². The zero-order valence-electron chi connectivity index (χ0n) is 16.3. The Labute approximate surface area is 169 Å². The van der Waals surface area contributed by atoms with E-state index in [1.165, 1.54) is 23.5 Å². The summed E-state index contributed by atoms with van der Waals surface area (Å²) in [7, 11) is 1.85. The van der Waals surface area contributed by atoms with Crippen molar-refractivity contribution in [3.8, 4) is 0 Å². The highest BCUT2D eigenvalue weighted by Crippen LogP contribution is 2.30. The fourth-order valence-electron chi connectivity index (χ4n) is 2.77. The minimum atomic E-state index is -4.33. The Kier molecular flexibility index (Phi) is 8.11. The third-order valence-corrected chi connectivity index (χ3v) is 5.04. The topological polar surface area (TPSA) is 27.3 Å². The predicted molar refractivity (Wildman–Crippen MR) is 115 cm³/mol. The average Bonchev–Trinajstić information content (AvgIpc) is 2.69. The van der Waals surface area contributed by atoms with Crippen LogP contribution in [0.3, 0.4) is 0 Å². The molecular weight excluding hydrogens is 383 g/mol. The van der Waals surface area contributed by atoms with Crippen molar-refractivity contribution in [3.63, 3.8) is 0 Å². The highest BCUT2D eigenvalue weighted by atomic mass is 32.2. The van der Waals surface area contributed by atoms with E-state index in [1.807, 2.05) is 12.5 Å². The van der Waals surface area contributed by atoms with Gasteiger partial charge in [-0.2, -0.15) is 13.2 Å². The van der Waals surface area contributed by atoms with Crippen LogP contribution in [-0.2, 0) is 6.18 Å². The Hall–Kier alpha value is -2.28. The van der Waals surface area contributed by atoms with Gasteiger partial charge >= 0.3 is 6.18 Å². The Morgan fingerprint density at radius 3 is 2.32 bits per heavy atom. The van der Waals surface area contributed by atoms with E-state index in [2.05, 4.69) is 53.6 Å². The monoisotopic (exact) mass is 409 g/mol.